The summed E-state index contributed by atoms with van der Waals surface area (Å²) in [5.41, 5.74) is 0. The van der Waals surface area contributed by atoms with Crippen molar-refractivity contribution in [3.05, 3.63) is 23.7 Å². The van der Waals surface area contributed by atoms with Crippen molar-refractivity contribution in [2.24, 2.45) is 5.90 Å². The smallest absolute Gasteiger partial charge is 0.371 e. The minimum Gasteiger partial charge on any atom is -0.475 e. The molecule has 1 unspecified atom stereocenters. The summed E-state index contributed by atoms with van der Waals surface area (Å²) in [6.45, 7) is 1.66. The summed E-state index contributed by atoms with van der Waals surface area (Å²) in [5.74, 6) is 4.06. The molecule has 5 heteroatoms. The van der Waals surface area contributed by atoms with Crippen LogP contribution in [0.5, 0.6) is 0 Å². The zero-order valence-corrected chi connectivity index (χ0v) is 6.48. The molecule has 0 fully saturated rings. The lowest BCUT2D eigenvalue weighted by atomic mass is 10.3. The quantitative estimate of drug-likeness (QED) is 0.660. The topological polar surface area (TPSA) is 85.7 Å². The average Bonchev–Trinajstić information content (AvgIpc) is 2.51. The van der Waals surface area contributed by atoms with E-state index in [1.54, 1.807) is 6.92 Å². The molecular weight excluding hydrogens is 162 g/mol. The summed E-state index contributed by atoms with van der Waals surface area (Å²) in [7, 11) is 0. The van der Waals surface area contributed by atoms with Gasteiger partial charge in [-0.3, -0.25) is 4.84 Å². The van der Waals surface area contributed by atoms with Crippen LogP contribution in [0, 0.1) is 0 Å². The molecule has 66 valence electrons. The Bertz CT molecular complexity index is 281. The highest BCUT2D eigenvalue weighted by atomic mass is 16.6. The van der Waals surface area contributed by atoms with Crippen molar-refractivity contribution in [3.8, 4) is 0 Å². The predicted octanol–water partition coefficient (Wildman–Crippen LogP) is 0.929. The first-order valence-electron chi connectivity index (χ1n) is 3.33. The predicted molar refractivity (Wildman–Crippen MR) is 39.4 cm³/mol. The summed E-state index contributed by atoms with van der Waals surface area (Å²) < 4.78 is 4.89. The van der Waals surface area contributed by atoms with Crippen LogP contribution in [0.2, 0.25) is 0 Å². The van der Waals surface area contributed by atoms with E-state index in [1.807, 2.05) is 0 Å². The minimum absolute atomic E-state index is 0.117. The van der Waals surface area contributed by atoms with Crippen LogP contribution in [-0.4, -0.2) is 11.1 Å². The Kier molecular flexibility index (Phi) is 2.47. The lowest BCUT2D eigenvalue weighted by molar-refractivity contribution is 0.0472. The molecule has 0 spiro atoms. The molecule has 0 saturated carbocycles. The monoisotopic (exact) mass is 171 g/mol. The number of hydrogen-bond donors (Lipinski definition) is 2. The molecule has 1 heterocycles. The van der Waals surface area contributed by atoms with Crippen molar-refractivity contribution in [1.82, 2.24) is 0 Å². The third-order valence-corrected chi connectivity index (χ3v) is 1.44. The van der Waals surface area contributed by atoms with E-state index in [-0.39, 0.29) is 5.76 Å². The first kappa shape index (κ1) is 8.76. The second-order valence-electron chi connectivity index (χ2n) is 2.29. The molecule has 1 atom stereocenters. The second kappa shape index (κ2) is 3.38. The van der Waals surface area contributed by atoms with Gasteiger partial charge in [0.15, 0.2) is 0 Å². The highest BCUT2D eigenvalue weighted by Gasteiger charge is 2.13. The van der Waals surface area contributed by atoms with Crippen LogP contribution >= 0.6 is 0 Å². The Hall–Kier alpha value is -1.33. The summed E-state index contributed by atoms with van der Waals surface area (Å²) in [4.78, 5) is 14.8. The molecule has 1 aromatic rings. The molecule has 1 rings (SSSR count). The highest BCUT2D eigenvalue weighted by Crippen LogP contribution is 2.17. The van der Waals surface area contributed by atoms with Gasteiger partial charge in [-0.15, -0.1) is 0 Å². The van der Waals surface area contributed by atoms with Crippen LogP contribution in [0.25, 0.3) is 0 Å². The fourth-order valence-electron chi connectivity index (χ4n) is 0.753. The van der Waals surface area contributed by atoms with Crippen LogP contribution in [-0.2, 0) is 4.84 Å². The Morgan fingerprint density at radius 1 is 1.75 bits per heavy atom. The number of carboxylic acids is 1. The maximum atomic E-state index is 10.4. The molecule has 12 heavy (non-hydrogen) atoms. The van der Waals surface area contributed by atoms with Crippen LogP contribution < -0.4 is 5.90 Å². The van der Waals surface area contributed by atoms with Gasteiger partial charge in [0.2, 0.25) is 5.76 Å². The van der Waals surface area contributed by atoms with Gasteiger partial charge in [0.1, 0.15) is 11.9 Å². The lowest BCUT2D eigenvalue weighted by Crippen LogP contribution is -2.04. The van der Waals surface area contributed by atoms with Crippen molar-refractivity contribution < 1.29 is 19.2 Å². The van der Waals surface area contributed by atoms with Crippen molar-refractivity contribution in [3.63, 3.8) is 0 Å². The van der Waals surface area contributed by atoms with Gasteiger partial charge in [-0.1, -0.05) is 0 Å². The fourth-order valence-corrected chi connectivity index (χ4v) is 0.753. The Labute approximate surface area is 68.7 Å². The van der Waals surface area contributed by atoms with Crippen LogP contribution in [0.4, 0.5) is 0 Å². The molecule has 0 aliphatic heterocycles. The molecule has 0 aliphatic carbocycles. The van der Waals surface area contributed by atoms with E-state index in [0.29, 0.717) is 5.76 Å². The number of rotatable bonds is 3. The SMILES string of the molecule is CC(ON)c1ccc(C(=O)O)o1. The van der Waals surface area contributed by atoms with Gasteiger partial charge in [-0.05, 0) is 19.1 Å². The van der Waals surface area contributed by atoms with Gasteiger partial charge in [0.05, 0.1) is 0 Å². The molecule has 0 aliphatic rings. The molecule has 3 N–H and O–H groups in total. The lowest BCUT2D eigenvalue weighted by Gasteiger charge is -2.02. The van der Waals surface area contributed by atoms with Gasteiger partial charge < -0.3 is 9.52 Å². The van der Waals surface area contributed by atoms with Gasteiger partial charge in [-0.25, -0.2) is 10.7 Å². The number of carboxylic acid groups (broad SMARTS) is 1. The number of carbonyl (C=O) groups is 1. The Morgan fingerprint density at radius 3 is 2.83 bits per heavy atom. The third kappa shape index (κ3) is 1.63. The largest absolute Gasteiger partial charge is 0.475 e. The first-order chi connectivity index (χ1) is 5.65. The van der Waals surface area contributed by atoms with E-state index in [4.69, 9.17) is 15.4 Å². The van der Waals surface area contributed by atoms with Crippen LogP contribution in [0.3, 0.4) is 0 Å². The van der Waals surface area contributed by atoms with E-state index in [1.165, 1.54) is 12.1 Å². The summed E-state index contributed by atoms with van der Waals surface area (Å²) in [6.07, 6.45) is -0.432. The van der Waals surface area contributed by atoms with Gasteiger partial charge >= 0.3 is 5.97 Å². The third-order valence-electron chi connectivity index (χ3n) is 1.44. The summed E-state index contributed by atoms with van der Waals surface area (Å²) in [5, 5.41) is 8.49. The molecule has 0 saturated heterocycles. The second-order valence-corrected chi connectivity index (χ2v) is 2.29. The zero-order chi connectivity index (χ0) is 9.14. The molecule has 5 nitrogen and oxygen atoms in total. The molecule has 0 bridgehead atoms. The maximum Gasteiger partial charge on any atom is 0.371 e. The van der Waals surface area contributed by atoms with Gasteiger partial charge in [0.25, 0.3) is 0 Å². The number of nitrogens with two attached hydrogens (primary N) is 1. The van der Waals surface area contributed by atoms with Crippen molar-refractivity contribution in [2.45, 2.75) is 13.0 Å². The standard InChI is InChI=1S/C7H9NO4/c1-4(12-8)5-2-3-6(11-5)7(9)10/h2-4H,8H2,1H3,(H,9,10). The molecular formula is C7H9NO4. The average molecular weight is 171 g/mol. The fraction of sp³-hybridized carbons (Fsp3) is 0.286. The summed E-state index contributed by atoms with van der Waals surface area (Å²) in [6, 6.07) is 2.87. The Balaban J connectivity index is 2.84. The van der Waals surface area contributed by atoms with Crippen molar-refractivity contribution >= 4 is 5.97 Å². The van der Waals surface area contributed by atoms with E-state index < -0.39 is 12.1 Å². The molecule has 0 aromatic carbocycles. The Morgan fingerprint density at radius 2 is 2.42 bits per heavy atom. The number of aromatic carboxylic acids is 1. The van der Waals surface area contributed by atoms with E-state index in [0.717, 1.165) is 0 Å². The minimum atomic E-state index is -1.11. The number of hydrogen-bond acceptors (Lipinski definition) is 4. The highest BCUT2D eigenvalue weighted by molar-refractivity contribution is 5.84. The van der Waals surface area contributed by atoms with Crippen molar-refractivity contribution in [1.29, 1.82) is 0 Å². The molecule has 0 amide bonds. The molecule has 0 radical (unpaired) electrons. The van der Waals surface area contributed by atoms with Crippen LogP contribution in [0.15, 0.2) is 16.5 Å². The zero-order valence-electron chi connectivity index (χ0n) is 6.48. The normalized spacial score (nSPS) is 12.8. The van der Waals surface area contributed by atoms with E-state index >= 15 is 0 Å². The summed E-state index contributed by atoms with van der Waals surface area (Å²) >= 11 is 0. The maximum absolute atomic E-state index is 10.4. The van der Waals surface area contributed by atoms with E-state index in [9.17, 15) is 4.79 Å². The van der Waals surface area contributed by atoms with Crippen molar-refractivity contribution in [2.75, 3.05) is 0 Å². The van der Waals surface area contributed by atoms with Gasteiger partial charge in [0, 0.05) is 0 Å². The first-order valence-corrected chi connectivity index (χ1v) is 3.33. The number of furan rings is 1. The van der Waals surface area contributed by atoms with E-state index in [2.05, 4.69) is 4.84 Å². The van der Waals surface area contributed by atoms with Gasteiger partial charge in [-0.2, -0.15) is 0 Å². The van der Waals surface area contributed by atoms with Crippen LogP contribution in [0.1, 0.15) is 29.3 Å². The molecule has 1 aromatic heterocycles.